The quantitative estimate of drug-likeness (QED) is 0.456. The van der Waals surface area contributed by atoms with E-state index < -0.39 is 0 Å². The highest BCUT2D eigenvalue weighted by molar-refractivity contribution is 5.73. The molecule has 116 valence electrons. The number of carbonyl (C=O) groups is 2. The van der Waals surface area contributed by atoms with Crippen molar-refractivity contribution in [3.63, 3.8) is 0 Å². The Hall–Kier alpha value is -1.16. The molecule has 1 saturated heterocycles. The van der Waals surface area contributed by atoms with E-state index in [0.717, 1.165) is 37.5 Å². The van der Waals surface area contributed by atoms with E-state index >= 15 is 0 Å². The molecule has 3 aliphatic rings. The maximum Gasteiger partial charge on any atom is 0.302 e. The molecule has 0 spiro atoms. The van der Waals surface area contributed by atoms with E-state index in [0.29, 0.717) is 24.5 Å². The van der Waals surface area contributed by atoms with Gasteiger partial charge in [-0.15, -0.1) is 0 Å². The average Bonchev–Trinajstić information content (AvgIpc) is 3.26. The second kappa shape index (κ2) is 4.94. The molecule has 0 aromatic rings. The molecule has 2 fully saturated rings. The number of rotatable bonds is 3. The number of fused-ring (bicyclic) bond motifs is 2. The van der Waals surface area contributed by atoms with Gasteiger partial charge in [-0.25, -0.2) is 0 Å². The van der Waals surface area contributed by atoms with Gasteiger partial charge in [0, 0.05) is 12.3 Å². The fraction of sp³-hybridized carbons (Fsp3) is 0.765. The van der Waals surface area contributed by atoms with Gasteiger partial charge in [0.25, 0.3) is 0 Å². The van der Waals surface area contributed by atoms with Gasteiger partial charge in [0.15, 0.2) is 0 Å². The molecule has 0 radical (unpaired) electrons. The van der Waals surface area contributed by atoms with Crippen LogP contribution in [0.4, 0.5) is 0 Å². The molecule has 1 saturated carbocycles. The summed E-state index contributed by atoms with van der Waals surface area (Å²) in [7, 11) is 0. The molecular formula is C17H24O4. The van der Waals surface area contributed by atoms with Crippen LogP contribution in [0.15, 0.2) is 11.6 Å². The summed E-state index contributed by atoms with van der Waals surface area (Å²) in [5, 5.41) is 0. The Labute approximate surface area is 125 Å². The number of carbonyl (C=O) groups excluding carboxylic acids is 2. The molecule has 1 heterocycles. The molecule has 1 aliphatic heterocycles. The van der Waals surface area contributed by atoms with Crippen molar-refractivity contribution in [2.45, 2.75) is 58.2 Å². The zero-order valence-corrected chi connectivity index (χ0v) is 13.1. The van der Waals surface area contributed by atoms with Crippen molar-refractivity contribution >= 4 is 12.3 Å². The first-order valence-electron chi connectivity index (χ1n) is 7.86. The van der Waals surface area contributed by atoms with E-state index in [1.807, 2.05) is 0 Å². The number of aldehydes is 1. The van der Waals surface area contributed by atoms with E-state index in [1.165, 1.54) is 6.92 Å². The Morgan fingerprint density at radius 2 is 2.24 bits per heavy atom. The van der Waals surface area contributed by atoms with Crippen molar-refractivity contribution in [1.82, 2.24) is 0 Å². The minimum Gasteiger partial charge on any atom is -0.465 e. The third-order valence-electron chi connectivity index (χ3n) is 5.75. The van der Waals surface area contributed by atoms with E-state index in [4.69, 9.17) is 9.47 Å². The predicted molar refractivity (Wildman–Crippen MR) is 77.6 cm³/mol. The van der Waals surface area contributed by atoms with Gasteiger partial charge >= 0.3 is 5.97 Å². The molecule has 5 atom stereocenters. The van der Waals surface area contributed by atoms with Crippen molar-refractivity contribution in [3.05, 3.63) is 11.6 Å². The van der Waals surface area contributed by atoms with Gasteiger partial charge in [-0.2, -0.15) is 0 Å². The van der Waals surface area contributed by atoms with Crippen LogP contribution in [-0.2, 0) is 19.1 Å². The highest BCUT2D eigenvalue weighted by Crippen LogP contribution is 2.63. The highest BCUT2D eigenvalue weighted by atomic mass is 16.6. The lowest BCUT2D eigenvalue weighted by Gasteiger charge is -2.12. The van der Waals surface area contributed by atoms with Crippen molar-refractivity contribution in [2.24, 2.45) is 17.3 Å². The smallest absolute Gasteiger partial charge is 0.302 e. The first-order valence-corrected chi connectivity index (χ1v) is 7.86. The lowest BCUT2D eigenvalue weighted by Crippen LogP contribution is -2.14. The molecule has 3 rings (SSSR count). The van der Waals surface area contributed by atoms with Gasteiger partial charge in [0.1, 0.15) is 6.29 Å². The largest absolute Gasteiger partial charge is 0.465 e. The molecule has 0 N–H and O–H groups in total. The lowest BCUT2D eigenvalue weighted by atomic mass is 9.93. The number of allylic oxidation sites excluding steroid dienone is 2. The van der Waals surface area contributed by atoms with E-state index in [9.17, 15) is 9.59 Å². The standard InChI is InChI=1S/C17H24O4/c1-11(19)20-10-16(2)13-6-7-17(3)15(21-17)5-4-12(9-18)8-14(13)16/h8-9,13-15H,4-7,10H2,1-3H3. The summed E-state index contributed by atoms with van der Waals surface area (Å²) >= 11 is 0. The summed E-state index contributed by atoms with van der Waals surface area (Å²) in [6.07, 6.45) is 7.23. The van der Waals surface area contributed by atoms with Crippen molar-refractivity contribution < 1.29 is 19.1 Å². The molecule has 4 nitrogen and oxygen atoms in total. The summed E-state index contributed by atoms with van der Waals surface area (Å²) in [6.45, 7) is 6.22. The zero-order chi connectivity index (χ0) is 15.3. The van der Waals surface area contributed by atoms with Gasteiger partial charge in [-0.1, -0.05) is 13.0 Å². The molecule has 4 heteroatoms. The summed E-state index contributed by atoms with van der Waals surface area (Å²) in [5.41, 5.74) is 0.850. The number of esters is 1. The van der Waals surface area contributed by atoms with Crippen LogP contribution in [0, 0.1) is 17.3 Å². The van der Waals surface area contributed by atoms with Gasteiger partial charge in [0.05, 0.1) is 18.3 Å². The maximum absolute atomic E-state index is 11.3. The highest BCUT2D eigenvalue weighted by Gasteiger charge is 2.62. The van der Waals surface area contributed by atoms with Crippen molar-refractivity contribution in [2.75, 3.05) is 6.61 Å². The topological polar surface area (TPSA) is 55.9 Å². The average molecular weight is 292 g/mol. The molecule has 2 aliphatic carbocycles. The Bertz CT molecular complexity index is 497. The fourth-order valence-corrected chi connectivity index (χ4v) is 4.00. The first-order chi connectivity index (χ1) is 9.89. The third-order valence-corrected chi connectivity index (χ3v) is 5.75. The predicted octanol–water partition coefficient (Wildman–Crippen LogP) is 2.66. The van der Waals surface area contributed by atoms with E-state index in [1.54, 1.807) is 0 Å². The van der Waals surface area contributed by atoms with Crippen LogP contribution < -0.4 is 0 Å². The molecule has 0 bridgehead atoms. The Balaban J connectivity index is 1.76. The number of hydrogen-bond acceptors (Lipinski definition) is 4. The van der Waals surface area contributed by atoms with Gasteiger partial charge < -0.3 is 9.47 Å². The summed E-state index contributed by atoms with van der Waals surface area (Å²) in [6, 6.07) is 0. The number of hydrogen-bond donors (Lipinski definition) is 0. The van der Waals surface area contributed by atoms with Crippen molar-refractivity contribution in [1.29, 1.82) is 0 Å². The Morgan fingerprint density at radius 3 is 2.90 bits per heavy atom. The van der Waals surface area contributed by atoms with Gasteiger partial charge in [0.2, 0.25) is 0 Å². The Morgan fingerprint density at radius 1 is 1.48 bits per heavy atom. The molecule has 0 aromatic carbocycles. The lowest BCUT2D eigenvalue weighted by molar-refractivity contribution is -0.142. The SMILES string of the molecule is CC(=O)OCC1(C)C2C=C(C=O)CCC3OC3(C)CCC21. The first kappa shape index (κ1) is 14.8. The van der Waals surface area contributed by atoms with Gasteiger partial charge in [-0.05, 0) is 50.0 Å². The molecule has 5 unspecified atom stereocenters. The van der Waals surface area contributed by atoms with E-state index in [2.05, 4.69) is 19.9 Å². The van der Waals surface area contributed by atoms with Crippen molar-refractivity contribution in [3.8, 4) is 0 Å². The summed E-state index contributed by atoms with van der Waals surface area (Å²) in [4.78, 5) is 22.4. The molecule has 0 amide bonds. The second-order valence-corrected chi connectivity index (χ2v) is 7.27. The molecular weight excluding hydrogens is 268 g/mol. The monoisotopic (exact) mass is 292 g/mol. The maximum atomic E-state index is 11.3. The molecule has 0 aromatic heterocycles. The van der Waals surface area contributed by atoms with Crippen LogP contribution in [-0.4, -0.2) is 30.6 Å². The third kappa shape index (κ3) is 2.66. The summed E-state index contributed by atoms with van der Waals surface area (Å²) in [5.74, 6) is 0.588. The Kier molecular flexibility index (Phi) is 3.47. The number of ether oxygens (including phenoxy) is 2. The fourth-order valence-electron chi connectivity index (χ4n) is 4.00. The zero-order valence-electron chi connectivity index (χ0n) is 13.1. The van der Waals surface area contributed by atoms with Crippen LogP contribution in [0.3, 0.4) is 0 Å². The second-order valence-electron chi connectivity index (χ2n) is 7.27. The minimum atomic E-state index is -0.234. The normalized spacial score (nSPS) is 44.7. The summed E-state index contributed by atoms with van der Waals surface area (Å²) < 4.78 is 11.1. The van der Waals surface area contributed by atoms with Crippen LogP contribution in [0.2, 0.25) is 0 Å². The molecule has 21 heavy (non-hydrogen) atoms. The van der Waals surface area contributed by atoms with Gasteiger partial charge in [-0.3, -0.25) is 9.59 Å². The van der Waals surface area contributed by atoms with E-state index in [-0.39, 0.29) is 17.0 Å². The van der Waals surface area contributed by atoms with Crippen LogP contribution >= 0.6 is 0 Å². The van der Waals surface area contributed by atoms with Crippen LogP contribution in [0.25, 0.3) is 0 Å². The van der Waals surface area contributed by atoms with Crippen LogP contribution in [0.5, 0.6) is 0 Å². The van der Waals surface area contributed by atoms with Crippen LogP contribution in [0.1, 0.15) is 46.5 Å². The minimum absolute atomic E-state index is 0.000811. The number of epoxide rings is 1.